The predicted molar refractivity (Wildman–Crippen MR) is 107 cm³/mol. The van der Waals surface area contributed by atoms with Crippen LogP contribution < -0.4 is 4.74 Å². The fourth-order valence-corrected chi connectivity index (χ4v) is 4.38. The van der Waals surface area contributed by atoms with Crippen LogP contribution in [0.4, 0.5) is 4.79 Å². The summed E-state index contributed by atoms with van der Waals surface area (Å²) in [6.07, 6.45) is 3.63. The normalized spacial score (nSPS) is 24.9. The summed E-state index contributed by atoms with van der Waals surface area (Å²) in [4.78, 5) is 19.8. The predicted octanol–water partition coefficient (Wildman–Crippen LogP) is 3.44. The van der Waals surface area contributed by atoms with Crippen LogP contribution in [-0.4, -0.2) is 66.6 Å². The lowest BCUT2D eigenvalue weighted by Crippen LogP contribution is -2.57. The Morgan fingerprint density at radius 1 is 1.19 bits per heavy atom. The van der Waals surface area contributed by atoms with Gasteiger partial charge in [-0.2, -0.15) is 0 Å². The van der Waals surface area contributed by atoms with E-state index in [1.54, 1.807) is 0 Å². The lowest BCUT2D eigenvalue weighted by Gasteiger charge is -2.43. The quantitative estimate of drug-likeness (QED) is 0.768. The first-order valence-electron chi connectivity index (χ1n) is 10.4. The highest BCUT2D eigenvalue weighted by Gasteiger charge is 2.52. The van der Waals surface area contributed by atoms with Crippen LogP contribution in [0.2, 0.25) is 0 Å². The molecule has 1 aromatic carbocycles. The van der Waals surface area contributed by atoms with Crippen molar-refractivity contribution >= 4 is 6.03 Å². The van der Waals surface area contributed by atoms with Crippen LogP contribution in [0, 0.1) is 11.3 Å². The molecule has 1 spiro atoms. The Kier molecular flexibility index (Phi) is 5.06. The Hall–Kier alpha value is -1.75. The summed E-state index contributed by atoms with van der Waals surface area (Å²) in [6.45, 7) is 9.72. The molecule has 2 saturated heterocycles. The first-order valence-corrected chi connectivity index (χ1v) is 10.4. The molecule has 0 N–H and O–H groups in total. The monoisotopic (exact) mass is 371 g/mol. The Balaban J connectivity index is 1.42. The van der Waals surface area contributed by atoms with Gasteiger partial charge in [-0.1, -0.05) is 26.0 Å². The maximum Gasteiger partial charge on any atom is 0.320 e. The standard InChI is InChI=1S/C22H33N3O2/c1-17(2)14-27-20-6-4-18(5-7-20)12-24-15-22(9-10-22)16-25(21(24)26)19-8-11-23(3)13-19/h4-7,17,19H,8-16H2,1-3H3. The van der Waals surface area contributed by atoms with Gasteiger partial charge in [0.25, 0.3) is 0 Å². The minimum atomic E-state index is 0.230. The molecule has 1 saturated carbocycles. The second-order valence-electron chi connectivity index (χ2n) is 9.32. The van der Waals surface area contributed by atoms with Crippen LogP contribution >= 0.6 is 0 Å². The number of carbonyl (C=O) groups is 1. The van der Waals surface area contributed by atoms with Gasteiger partial charge in [0.05, 0.1) is 6.61 Å². The molecule has 3 aliphatic rings. The van der Waals surface area contributed by atoms with Crippen molar-refractivity contribution in [1.29, 1.82) is 0 Å². The zero-order valence-electron chi connectivity index (χ0n) is 17.0. The molecule has 1 atom stereocenters. The summed E-state index contributed by atoms with van der Waals surface area (Å²) >= 11 is 0. The molecule has 1 aromatic rings. The highest BCUT2D eigenvalue weighted by molar-refractivity contribution is 5.76. The van der Waals surface area contributed by atoms with Crippen molar-refractivity contribution in [3.05, 3.63) is 29.8 Å². The first kappa shape index (κ1) is 18.6. The van der Waals surface area contributed by atoms with E-state index in [2.05, 4.69) is 47.7 Å². The molecule has 2 amide bonds. The molecule has 2 heterocycles. The van der Waals surface area contributed by atoms with Crippen molar-refractivity contribution in [2.24, 2.45) is 11.3 Å². The van der Waals surface area contributed by atoms with Crippen LogP contribution in [-0.2, 0) is 6.54 Å². The van der Waals surface area contributed by atoms with Crippen molar-refractivity contribution in [1.82, 2.24) is 14.7 Å². The fourth-order valence-electron chi connectivity index (χ4n) is 4.38. The summed E-state index contributed by atoms with van der Waals surface area (Å²) in [7, 11) is 2.15. The van der Waals surface area contributed by atoms with Crippen LogP contribution in [0.3, 0.4) is 0 Å². The van der Waals surface area contributed by atoms with Gasteiger partial charge in [-0.05, 0) is 56.5 Å². The van der Waals surface area contributed by atoms with Gasteiger partial charge in [-0.15, -0.1) is 0 Å². The molecular weight excluding hydrogens is 338 g/mol. The van der Waals surface area contributed by atoms with E-state index in [-0.39, 0.29) is 6.03 Å². The van der Waals surface area contributed by atoms with Gasteiger partial charge in [0.15, 0.2) is 0 Å². The molecule has 0 radical (unpaired) electrons. The molecule has 27 heavy (non-hydrogen) atoms. The number of ether oxygens (including phenoxy) is 1. The highest BCUT2D eigenvalue weighted by Crippen LogP contribution is 2.50. The number of nitrogens with zero attached hydrogens (tertiary/aromatic N) is 3. The number of benzene rings is 1. The van der Waals surface area contributed by atoms with Crippen LogP contribution in [0.5, 0.6) is 5.75 Å². The Morgan fingerprint density at radius 3 is 2.52 bits per heavy atom. The summed E-state index contributed by atoms with van der Waals surface area (Å²) in [5.41, 5.74) is 1.54. The largest absolute Gasteiger partial charge is 0.493 e. The van der Waals surface area contributed by atoms with Crippen molar-refractivity contribution < 1.29 is 9.53 Å². The Labute approximate surface area is 163 Å². The summed E-state index contributed by atoms with van der Waals surface area (Å²) in [5.74, 6) is 1.43. The van der Waals surface area contributed by atoms with Crippen LogP contribution in [0.1, 0.15) is 38.7 Å². The van der Waals surface area contributed by atoms with Crippen molar-refractivity contribution in [3.8, 4) is 5.75 Å². The molecule has 4 rings (SSSR count). The molecule has 3 fully saturated rings. The van der Waals surface area contributed by atoms with Crippen LogP contribution in [0.15, 0.2) is 24.3 Å². The van der Waals surface area contributed by atoms with Crippen molar-refractivity contribution in [2.45, 2.75) is 45.7 Å². The maximum absolute atomic E-state index is 13.2. The minimum Gasteiger partial charge on any atom is -0.493 e. The number of urea groups is 1. The van der Waals surface area contributed by atoms with Gasteiger partial charge in [-0.3, -0.25) is 0 Å². The molecule has 5 heteroatoms. The molecule has 5 nitrogen and oxygen atoms in total. The van der Waals surface area contributed by atoms with E-state index in [0.29, 0.717) is 23.9 Å². The number of hydrogen-bond donors (Lipinski definition) is 0. The number of hydrogen-bond acceptors (Lipinski definition) is 3. The lowest BCUT2D eigenvalue weighted by molar-refractivity contribution is 0.0725. The first-order chi connectivity index (χ1) is 12.9. The van der Waals surface area contributed by atoms with Crippen molar-refractivity contribution in [2.75, 3.05) is 39.8 Å². The van der Waals surface area contributed by atoms with E-state index in [4.69, 9.17) is 4.74 Å². The highest BCUT2D eigenvalue weighted by atomic mass is 16.5. The molecule has 0 aromatic heterocycles. The third kappa shape index (κ3) is 4.23. The molecule has 1 aliphatic carbocycles. The van der Waals surface area contributed by atoms with Gasteiger partial charge in [-0.25, -0.2) is 4.79 Å². The third-order valence-corrected chi connectivity index (χ3v) is 6.19. The second-order valence-corrected chi connectivity index (χ2v) is 9.32. The van der Waals surface area contributed by atoms with Gasteiger partial charge in [0.2, 0.25) is 0 Å². The molecule has 1 unspecified atom stereocenters. The molecule has 148 valence electrons. The van der Waals surface area contributed by atoms with E-state index < -0.39 is 0 Å². The second kappa shape index (κ2) is 7.34. The van der Waals surface area contributed by atoms with E-state index in [0.717, 1.165) is 45.0 Å². The number of amides is 2. The summed E-state index contributed by atoms with van der Waals surface area (Å²) < 4.78 is 5.78. The summed E-state index contributed by atoms with van der Waals surface area (Å²) in [5, 5.41) is 0. The van der Waals surface area contributed by atoms with Crippen LogP contribution in [0.25, 0.3) is 0 Å². The third-order valence-electron chi connectivity index (χ3n) is 6.19. The average Bonchev–Trinajstić information content (AvgIpc) is 3.25. The lowest BCUT2D eigenvalue weighted by atomic mass is 10.0. The van der Waals surface area contributed by atoms with E-state index in [1.807, 2.05) is 12.1 Å². The number of likely N-dealkylation sites (tertiary alicyclic amines) is 1. The fraction of sp³-hybridized carbons (Fsp3) is 0.682. The molecule has 0 bridgehead atoms. The number of likely N-dealkylation sites (N-methyl/N-ethyl adjacent to an activating group) is 1. The Morgan fingerprint density at radius 2 is 1.93 bits per heavy atom. The van der Waals surface area contributed by atoms with E-state index in [9.17, 15) is 4.79 Å². The van der Waals surface area contributed by atoms with Gasteiger partial charge in [0, 0.05) is 37.6 Å². The van der Waals surface area contributed by atoms with E-state index in [1.165, 1.54) is 18.4 Å². The Bertz CT molecular complexity index is 669. The molecule has 2 aliphatic heterocycles. The number of rotatable bonds is 6. The van der Waals surface area contributed by atoms with Gasteiger partial charge < -0.3 is 19.4 Å². The topological polar surface area (TPSA) is 36.0 Å². The van der Waals surface area contributed by atoms with Gasteiger partial charge in [0.1, 0.15) is 5.75 Å². The molecular formula is C22H33N3O2. The van der Waals surface area contributed by atoms with Gasteiger partial charge >= 0.3 is 6.03 Å². The smallest absolute Gasteiger partial charge is 0.320 e. The van der Waals surface area contributed by atoms with Crippen molar-refractivity contribution in [3.63, 3.8) is 0 Å². The average molecular weight is 372 g/mol. The zero-order chi connectivity index (χ0) is 19.0. The summed E-state index contributed by atoms with van der Waals surface area (Å²) in [6, 6.07) is 8.88. The maximum atomic E-state index is 13.2. The number of carbonyl (C=O) groups excluding carboxylic acids is 1. The SMILES string of the molecule is CC(C)COc1ccc(CN2CC3(CC3)CN(C3CCN(C)C3)C2=O)cc1. The zero-order valence-corrected chi connectivity index (χ0v) is 17.0. The van der Waals surface area contributed by atoms with E-state index >= 15 is 0 Å². The minimum absolute atomic E-state index is 0.230.